The average molecular weight is 1040 g/mol. The Bertz CT molecular complexity index is 1110. The van der Waals surface area contributed by atoms with Crippen molar-refractivity contribution in [1.82, 2.24) is 63.8 Å². The van der Waals surface area contributed by atoms with E-state index in [1.165, 1.54) is 38.5 Å². The lowest BCUT2D eigenvalue weighted by Gasteiger charge is -2.26. The molecule has 0 atom stereocenters. The van der Waals surface area contributed by atoms with Gasteiger partial charge in [-0.1, -0.05) is 0 Å². The maximum Gasteiger partial charge on any atom is 0.253 e. The van der Waals surface area contributed by atoms with Gasteiger partial charge in [0, 0.05) is 19.6 Å². The quantitative estimate of drug-likeness (QED) is 0.0383. The zero-order valence-corrected chi connectivity index (χ0v) is 46.8. The van der Waals surface area contributed by atoms with Crippen molar-refractivity contribution in [2.24, 2.45) is 17.2 Å². The average Bonchev–Trinajstić information content (AvgIpc) is 3.38. The molecule has 0 aliphatic rings. The molecule has 3 amide bonds. The molecule has 0 saturated heterocycles. The van der Waals surface area contributed by atoms with Crippen LogP contribution in [0.25, 0.3) is 0 Å². The van der Waals surface area contributed by atoms with E-state index < -0.39 is 36.2 Å². The molecule has 73 heavy (non-hydrogen) atoms. The summed E-state index contributed by atoms with van der Waals surface area (Å²) < 4.78 is 0. The van der Waals surface area contributed by atoms with E-state index in [0.717, 1.165) is 253 Å². The normalized spacial score (nSPS) is 11.7. The third kappa shape index (κ3) is 54.5. The van der Waals surface area contributed by atoms with Crippen LogP contribution in [0.1, 0.15) is 167 Å². The number of carbonyl (C=O) groups excluding carboxylic acids is 3. The van der Waals surface area contributed by atoms with Crippen LogP contribution in [-0.4, -0.2) is 186 Å². The van der Waals surface area contributed by atoms with Crippen molar-refractivity contribution in [2.75, 3.05) is 157 Å². The molecule has 0 unspecified atom stereocenters. The standard InChI is InChI=1S/C54H119N15O4/c55-25-1-4-28-58-31-7-10-34-61-37-13-16-40-64-43-19-22-46-67-51(70)49-54(73,53(72)69-48-24-21-45-66-42-18-15-39-63-36-12-9-33-60-30-6-3-27-57)50-52(71)68-47-23-20-44-65-41-17-14-38-62-35-11-8-32-59-29-5-2-26-56/h58-66,73H,1-50,55-57H2,(H,67,70)(H,68,71)(H,69,72). The molecule has 19 N–H and O–H groups in total. The van der Waals surface area contributed by atoms with Gasteiger partial charge in [-0.25, -0.2) is 0 Å². The van der Waals surface area contributed by atoms with Crippen molar-refractivity contribution in [2.45, 2.75) is 173 Å². The second kappa shape index (κ2) is 59.1. The number of rotatable bonds is 62. The van der Waals surface area contributed by atoms with E-state index in [2.05, 4.69) is 63.8 Å². The molecule has 434 valence electrons. The number of aliphatic hydroxyl groups is 1. The number of hydrogen-bond acceptors (Lipinski definition) is 16. The summed E-state index contributed by atoms with van der Waals surface area (Å²) in [7, 11) is 0. The molecular weight excluding hydrogens is 923 g/mol. The van der Waals surface area contributed by atoms with Crippen LogP contribution in [0, 0.1) is 0 Å². The first-order valence-corrected chi connectivity index (χ1v) is 29.9. The third-order valence-corrected chi connectivity index (χ3v) is 12.8. The molecule has 0 aliphatic carbocycles. The maximum atomic E-state index is 13.4. The molecule has 0 rings (SSSR count). The highest BCUT2D eigenvalue weighted by molar-refractivity contribution is 5.95. The van der Waals surface area contributed by atoms with Crippen LogP contribution in [0.15, 0.2) is 0 Å². The second-order valence-corrected chi connectivity index (χ2v) is 19.9. The largest absolute Gasteiger partial charge is 0.379 e. The molecule has 19 heteroatoms. The Labute approximate surface area is 446 Å². The van der Waals surface area contributed by atoms with Crippen LogP contribution in [0.2, 0.25) is 0 Å². The van der Waals surface area contributed by atoms with Crippen molar-refractivity contribution >= 4 is 17.7 Å². The molecule has 0 aliphatic heterocycles. The highest BCUT2D eigenvalue weighted by atomic mass is 16.3. The smallest absolute Gasteiger partial charge is 0.253 e. The second-order valence-electron chi connectivity index (χ2n) is 19.9. The van der Waals surface area contributed by atoms with Crippen molar-refractivity contribution in [1.29, 1.82) is 0 Å². The molecule has 0 bridgehead atoms. The van der Waals surface area contributed by atoms with Crippen LogP contribution < -0.4 is 81.0 Å². The number of amides is 3. The molecule has 0 aromatic carbocycles. The van der Waals surface area contributed by atoms with Gasteiger partial charge in [-0.2, -0.15) is 0 Å². The van der Waals surface area contributed by atoms with Gasteiger partial charge in [0.05, 0.1) is 12.8 Å². The van der Waals surface area contributed by atoms with Crippen LogP contribution in [0.5, 0.6) is 0 Å². The van der Waals surface area contributed by atoms with Gasteiger partial charge >= 0.3 is 0 Å². The molecule has 0 fully saturated rings. The highest BCUT2D eigenvalue weighted by Gasteiger charge is 2.40. The Morgan fingerprint density at radius 1 is 0.260 bits per heavy atom. The molecule has 0 aromatic heterocycles. The van der Waals surface area contributed by atoms with E-state index in [0.29, 0.717) is 19.6 Å². The molecule has 0 aromatic rings. The first kappa shape index (κ1) is 70.9. The summed E-state index contributed by atoms with van der Waals surface area (Å²) in [5.41, 5.74) is 14.5. The van der Waals surface area contributed by atoms with Crippen molar-refractivity contribution in [3.05, 3.63) is 0 Å². The highest BCUT2D eigenvalue weighted by Crippen LogP contribution is 2.17. The number of nitrogens with one attached hydrogen (secondary N) is 12. The van der Waals surface area contributed by atoms with E-state index in [4.69, 9.17) is 17.2 Å². The lowest BCUT2D eigenvalue weighted by atomic mass is 9.93. The predicted molar refractivity (Wildman–Crippen MR) is 307 cm³/mol. The van der Waals surface area contributed by atoms with Gasteiger partial charge in [-0.15, -0.1) is 0 Å². The number of unbranched alkanes of at least 4 members (excludes halogenated alkanes) is 12. The third-order valence-electron chi connectivity index (χ3n) is 12.8. The summed E-state index contributed by atoms with van der Waals surface area (Å²) in [4.78, 5) is 39.6. The Morgan fingerprint density at radius 3 is 0.616 bits per heavy atom. The molecule has 0 heterocycles. The summed E-state index contributed by atoms with van der Waals surface area (Å²) in [6.45, 7) is 21.6. The minimum atomic E-state index is -2.14. The molecule has 0 radical (unpaired) electrons. The predicted octanol–water partition coefficient (Wildman–Crippen LogP) is 1.39. The first-order chi connectivity index (χ1) is 35.9. The van der Waals surface area contributed by atoms with Crippen molar-refractivity contribution < 1.29 is 19.5 Å². The SMILES string of the molecule is NCCCCNCCCCNCCCCNCCCCNC(=O)CC(O)(CC(=O)NCCCCNCCCCNCCCCNCCCCN)C(=O)NCCCCNCCCCNCCCCNCCCCN. The zero-order chi connectivity index (χ0) is 53.1. The number of hydrogen-bond donors (Lipinski definition) is 16. The molecule has 0 saturated carbocycles. The van der Waals surface area contributed by atoms with Gasteiger partial charge in [0.2, 0.25) is 11.8 Å². The van der Waals surface area contributed by atoms with Crippen LogP contribution >= 0.6 is 0 Å². The fraction of sp³-hybridized carbons (Fsp3) is 0.944. The van der Waals surface area contributed by atoms with Gasteiger partial charge in [0.25, 0.3) is 5.91 Å². The summed E-state index contributed by atoms with van der Waals surface area (Å²) in [6.07, 6.45) is 24.5. The Kier molecular flexibility index (Phi) is 57.4. The van der Waals surface area contributed by atoms with E-state index >= 15 is 0 Å². The molecule has 19 nitrogen and oxygen atoms in total. The fourth-order valence-electron chi connectivity index (χ4n) is 8.13. The Balaban J connectivity index is 4.40. The minimum absolute atomic E-state index is 0.356. The van der Waals surface area contributed by atoms with Crippen LogP contribution in [-0.2, 0) is 14.4 Å². The van der Waals surface area contributed by atoms with E-state index in [9.17, 15) is 19.5 Å². The van der Waals surface area contributed by atoms with Crippen molar-refractivity contribution in [3.63, 3.8) is 0 Å². The molecular formula is C54H119N15O4. The monoisotopic (exact) mass is 1040 g/mol. The summed E-state index contributed by atoms with van der Waals surface area (Å²) in [5, 5.41) is 51.6. The number of carbonyl (C=O) groups is 3. The van der Waals surface area contributed by atoms with Crippen LogP contribution in [0.3, 0.4) is 0 Å². The lowest BCUT2D eigenvalue weighted by Crippen LogP contribution is -2.52. The molecule has 0 spiro atoms. The summed E-state index contributed by atoms with van der Waals surface area (Å²) >= 11 is 0. The van der Waals surface area contributed by atoms with Gasteiger partial charge in [-0.05, 0) is 292 Å². The summed E-state index contributed by atoms with van der Waals surface area (Å²) in [5.74, 6) is -1.56. The fourth-order valence-corrected chi connectivity index (χ4v) is 8.13. The Morgan fingerprint density at radius 2 is 0.425 bits per heavy atom. The van der Waals surface area contributed by atoms with Gasteiger partial charge in [-0.3, -0.25) is 14.4 Å². The van der Waals surface area contributed by atoms with Gasteiger partial charge < -0.3 is 86.1 Å². The lowest BCUT2D eigenvalue weighted by molar-refractivity contribution is -0.149. The van der Waals surface area contributed by atoms with Gasteiger partial charge in [0.15, 0.2) is 5.60 Å². The minimum Gasteiger partial charge on any atom is -0.379 e. The zero-order valence-electron chi connectivity index (χ0n) is 46.8. The van der Waals surface area contributed by atoms with E-state index in [1.54, 1.807) is 0 Å². The Hall–Kier alpha value is -2.11. The van der Waals surface area contributed by atoms with Crippen molar-refractivity contribution in [3.8, 4) is 0 Å². The summed E-state index contributed by atoms with van der Waals surface area (Å²) in [6, 6.07) is 0. The van der Waals surface area contributed by atoms with E-state index in [1.807, 2.05) is 0 Å². The topological polar surface area (TPSA) is 294 Å². The number of nitrogens with two attached hydrogens (primary N) is 3. The van der Waals surface area contributed by atoms with Gasteiger partial charge in [0.1, 0.15) is 0 Å². The maximum absolute atomic E-state index is 13.4. The van der Waals surface area contributed by atoms with Crippen LogP contribution in [0.4, 0.5) is 0 Å². The first-order valence-electron chi connectivity index (χ1n) is 29.9. The van der Waals surface area contributed by atoms with E-state index in [-0.39, 0.29) is 0 Å².